The first-order valence-electron chi connectivity index (χ1n) is 5.10. The van der Waals surface area contributed by atoms with Gasteiger partial charge in [0.25, 0.3) is 5.88 Å². The van der Waals surface area contributed by atoms with Crippen molar-refractivity contribution in [3.8, 4) is 5.88 Å². The van der Waals surface area contributed by atoms with Crippen molar-refractivity contribution in [2.45, 2.75) is 26.2 Å². The van der Waals surface area contributed by atoms with E-state index in [2.05, 4.69) is 15.3 Å². The van der Waals surface area contributed by atoms with Crippen LogP contribution >= 0.6 is 0 Å². The minimum absolute atomic E-state index is 0.0284. The molecule has 0 aromatic carbocycles. The fourth-order valence-corrected chi connectivity index (χ4v) is 1.25. The summed E-state index contributed by atoms with van der Waals surface area (Å²) in [7, 11) is 2.92. The molecule has 0 amide bonds. The molecule has 0 unspecified atom stereocenters. The van der Waals surface area contributed by atoms with E-state index >= 15 is 0 Å². The largest absolute Gasteiger partial charge is 0.476 e. The highest BCUT2D eigenvalue weighted by Gasteiger charge is 2.28. The van der Waals surface area contributed by atoms with E-state index in [9.17, 15) is 10.1 Å². The summed E-state index contributed by atoms with van der Waals surface area (Å²) in [6, 6.07) is 0. The second-order valence-corrected chi connectivity index (χ2v) is 4.51. The van der Waals surface area contributed by atoms with Gasteiger partial charge in [-0.1, -0.05) is 20.8 Å². The standard InChI is InChI=1S/C10H16N4O3/c1-10(2,3)9-12-7(11-4)6(14(15)16)8(13-9)17-5/h1-5H3,(H,11,12,13). The number of nitrogens with one attached hydrogen (secondary N) is 1. The van der Waals surface area contributed by atoms with E-state index in [1.165, 1.54) is 7.11 Å². The number of nitro groups is 1. The maximum Gasteiger partial charge on any atom is 0.372 e. The second-order valence-electron chi connectivity index (χ2n) is 4.51. The van der Waals surface area contributed by atoms with Crippen LogP contribution in [-0.4, -0.2) is 29.0 Å². The van der Waals surface area contributed by atoms with E-state index in [0.717, 1.165) is 0 Å². The van der Waals surface area contributed by atoms with Gasteiger partial charge >= 0.3 is 5.69 Å². The molecule has 7 heteroatoms. The van der Waals surface area contributed by atoms with Gasteiger partial charge in [-0.2, -0.15) is 4.98 Å². The normalized spacial score (nSPS) is 11.1. The van der Waals surface area contributed by atoms with E-state index in [1.807, 2.05) is 20.8 Å². The summed E-state index contributed by atoms with van der Waals surface area (Å²) in [5, 5.41) is 13.6. The van der Waals surface area contributed by atoms with Crippen molar-refractivity contribution >= 4 is 11.5 Å². The maximum atomic E-state index is 10.9. The molecule has 7 nitrogen and oxygen atoms in total. The summed E-state index contributed by atoms with van der Waals surface area (Å²) in [4.78, 5) is 18.6. The van der Waals surface area contributed by atoms with Gasteiger partial charge in [0.1, 0.15) is 5.82 Å². The third-order valence-corrected chi connectivity index (χ3v) is 2.14. The number of hydrogen-bond acceptors (Lipinski definition) is 6. The Kier molecular flexibility index (Phi) is 3.50. The lowest BCUT2D eigenvalue weighted by atomic mass is 9.96. The van der Waals surface area contributed by atoms with Crippen LogP contribution in [0.25, 0.3) is 0 Å². The minimum Gasteiger partial charge on any atom is -0.476 e. The molecule has 0 aliphatic heterocycles. The number of nitrogens with zero attached hydrogens (tertiary/aromatic N) is 3. The maximum absolute atomic E-state index is 10.9. The lowest BCUT2D eigenvalue weighted by Gasteiger charge is -2.18. The van der Waals surface area contributed by atoms with Crippen LogP contribution in [0.2, 0.25) is 0 Å². The van der Waals surface area contributed by atoms with Crippen molar-refractivity contribution in [1.29, 1.82) is 0 Å². The van der Waals surface area contributed by atoms with Crippen molar-refractivity contribution < 1.29 is 9.66 Å². The first-order chi connectivity index (χ1) is 7.81. The molecule has 0 fully saturated rings. The molecule has 1 rings (SSSR count). The molecule has 0 aliphatic rings. The average molecular weight is 240 g/mol. The highest BCUT2D eigenvalue weighted by molar-refractivity contribution is 5.61. The minimum atomic E-state index is -0.558. The molecule has 94 valence electrons. The number of anilines is 1. The molecular formula is C10H16N4O3. The zero-order chi connectivity index (χ0) is 13.2. The Bertz CT molecular complexity index is 415. The van der Waals surface area contributed by atoms with E-state index < -0.39 is 4.92 Å². The molecule has 0 saturated carbocycles. The molecule has 1 aromatic rings. The van der Waals surface area contributed by atoms with Gasteiger partial charge in [-0.15, -0.1) is 0 Å². The van der Waals surface area contributed by atoms with Crippen LogP contribution in [0.5, 0.6) is 5.88 Å². The Labute approximate surface area is 99.4 Å². The number of hydrogen-bond donors (Lipinski definition) is 1. The van der Waals surface area contributed by atoms with Crippen LogP contribution in [0.3, 0.4) is 0 Å². The monoisotopic (exact) mass is 240 g/mol. The zero-order valence-electron chi connectivity index (χ0n) is 10.6. The summed E-state index contributed by atoms with van der Waals surface area (Å²) in [6.45, 7) is 5.77. The van der Waals surface area contributed by atoms with Gasteiger partial charge < -0.3 is 10.1 Å². The molecule has 1 aromatic heterocycles. The molecular weight excluding hydrogens is 224 g/mol. The molecule has 1 heterocycles. The van der Waals surface area contributed by atoms with E-state index in [0.29, 0.717) is 5.82 Å². The van der Waals surface area contributed by atoms with Crippen molar-refractivity contribution in [2.24, 2.45) is 0 Å². The fraction of sp³-hybridized carbons (Fsp3) is 0.600. The average Bonchev–Trinajstić information content (AvgIpc) is 2.25. The van der Waals surface area contributed by atoms with Crippen LogP contribution in [0, 0.1) is 10.1 Å². The van der Waals surface area contributed by atoms with Gasteiger partial charge in [0, 0.05) is 12.5 Å². The summed E-state index contributed by atoms with van der Waals surface area (Å²) in [6.07, 6.45) is 0. The van der Waals surface area contributed by atoms with Crippen molar-refractivity contribution in [3.05, 3.63) is 15.9 Å². The van der Waals surface area contributed by atoms with Crippen molar-refractivity contribution in [2.75, 3.05) is 19.5 Å². The van der Waals surface area contributed by atoms with E-state index in [4.69, 9.17) is 4.74 Å². The zero-order valence-corrected chi connectivity index (χ0v) is 10.6. The van der Waals surface area contributed by atoms with Gasteiger partial charge in [-0.3, -0.25) is 10.1 Å². The number of ether oxygens (including phenoxy) is 1. The summed E-state index contributed by atoms with van der Waals surface area (Å²) >= 11 is 0. The Morgan fingerprint density at radius 3 is 2.29 bits per heavy atom. The van der Waals surface area contributed by atoms with Crippen molar-refractivity contribution in [3.63, 3.8) is 0 Å². The second kappa shape index (κ2) is 4.52. The predicted octanol–water partition coefficient (Wildman–Crippen LogP) is 1.73. The number of methoxy groups -OCH3 is 1. The van der Waals surface area contributed by atoms with Crippen LogP contribution in [0.4, 0.5) is 11.5 Å². The van der Waals surface area contributed by atoms with Gasteiger partial charge in [0.2, 0.25) is 5.82 Å². The molecule has 0 spiro atoms. The number of rotatable bonds is 3. The van der Waals surface area contributed by atoms with Crippen LogP contribution in [0.1, 0.15) is 26.6 Å². The molecule has 0 bridgehead atoms. The first kappa shape index (κ1) is 13.1. The third kappa shape index (κ3) is 2.61. The number of aromatic nitrogens is 2. The third-order valence-electron chi connectivity index (χ3n) is 2.14. The summed E-state index contributed by atoms with van der Waals surface area (Å²) in [5.41, 5.74) is -0.559. The lowest BCUT2D eigenvalue weighted by Crippen LogP contribution is -2.18. The fourth-order valence-electron chi connectivity index (χ4n) is 1.25. The van der Waals surface area contributed by atoms with E-state index in [1.54, 1.807) is 7.05 Å². The molecule has 0 radical (unpaired) electrons. The Morgan fingerprint density at radius 2 is 1.94 bits per heavy atom. The van der Waals surface area contributed by atoms with Gasteiger partial charge in [-0.05, 0) is 0 Å². The molecule has 1 N–H and O–H groups in total. The van der Waals surface area contributed by atoms with Gasteiger partial charge in [0.15, 0.2) is 0 Å². The Hall–Kier alpha value is -1.92. The van der Waals surface area contributed by atoms with Crippen LogP contribution in [-0.2, 0) is 5.41 Å². The quantitative estimate of drug-likeness (QED) is 0.639. The summed E-state index contributed by atoms with van der Waals surface area (Å²) < 4.78 is 4.95. The van der Waals surface area contributed by atoms with Gasteiger partial charge in [0.05, 0.1) is 12.0 Å². The van der Waals surface area contributed by atoms with Gasteiger partial charge in [-0.25, -0.2) is 4.98 Å². The molecule has 0 aliphatic carbocycles. The smallest absolute Gasteiger partial charge is 0.372 e. The highest BCUT2D eigenvalue weighted by Crippen LogP contribution is 2.33. The Balaban J connectivity index is 3.50. The lowest BCUT2D eigenvalue weighted by molar-refractivity contribution is -0.385. The SMILES string of the molecule is CNc1nc(C(C)(C)C)nc(OC)c1[N+](=O)[O-]. The van der Waals surface area contributed by atoms with Crippen LogP contribution in [0.15, 0.2) is 0 Å². The first-order valence-corrected chi connectivity index (χ1v) is 5.10. The summed E-state index contributed by atoms with van der Waals surface area (Å²) in [5.74, 6) is 0.621. The van der Waals surface area contributed by atoms with E-state index in [-0.39, 0.29) is 22.8 Å². The molecule has 0 saturated heterocycles. The molecule has 17 heavy (non-hydrogen) atoms. The Morgan fingerprint density at radius 1 is 1.35 bits per heavy atom. The van der Waals surface area contributed by atoms with Crippen LogP contribution < -0.4 is 10.1 Å². The topological polar surface area (TPSA) is 90.2 Å². The molecule has 0 atom stereocenters. The van der Waals surface area contributed by atoms with Crippen molar-refractivity contribution in [1.82, 2.24) is 9.97 Å². The highest BCUT2D eigenvalue weighted by atomic mass is 16.6. The predicted molar refractivity (Wildman–Crippen MR) is 63.5 cm³/mol.